The van der Waals surface area contributed by atoms with E-state index in [2.05, 4.69) is 0 Å². The van der Waals surface area contributed by atoms with Crippen LogP contribution in [0.5, 0.6) is 0 Å². The zero-order chi connectivity index (χ0) is 25.4. The average molecular weight is 504 g/mol. The molecule has 34 heavy (non-hydrogen) atoms. The fourth-order valence-corrected chi connectivity index (χ4v) is 4.12. The second-order valence-electron chi connectivity index (χ2n) is 8.37. The molecular weight excluding hydrogens is 472 g/mol. The Balaban J connectivity index is 1.74. The number of ether oxygens (including phenoxy) is 5. The number of aliphatic hydroxyl groups is 11. The summed E-state index contributed by atoms with van der Waals surface area (Å²) in [6.07, 6.45) is -22.0. The van der Waals surface area contributed by atoms with E-state index < -0.39 is 112 Å². The zero-order valence-corrected chi connectivity index (χ0v) is 17.8. The van der Waals surface area contributed by atoms with Crippen LogP contribution < -0.4 is 0 Å². The smallest absolute Gasteiger partial charge is 0.224 e. The minimum atomic E-state index is -2.36. The minimum Gasteiger partial charge on any atom is -0.394 e. The van der Waals surface area contributed by atoms with E-state index in [4.69, 9.17) is 23.7 Å². The van der Waals surface area contributed by atoms with Crippen LogP contribution in [0.1, 0.15) is 0 Å². The monoisotopic (exact) mass is 504 g/mol. The van der Waals surface area contributed by atoms with E-state index in [9.17, 15) is 56.2 Å². The third kappa shape index (κ3) is 4.96. The van der Waals surface area contributed by atoms with Gasteiger partial charge in [-0.05, 0) is 0 Å². The lowest BCUT2D eigenvalue weighted by Gasteiger charge is -2.47. The molecule has 3 aliphatic rings. The first-order valence-corrected chi connectivity index (χ1v) is 10.6. The van der Waals surface area contributed by atoms with Gasteiger partial charge in [-0.1, -0.05) is 0 Å². The van der Waals surface area contributed by atoms with Gasteiger partial charge >= 0.3 is 0 Å². The van der Waals surface area contributed by atoms with Gasteiger partial charge in [0.05, 0.1) is 19.8 Å². The van der Waals surface area contributed by atoms with Crippen LogP contribution in [0.25, 0.3) is 0 Å². The highest BCUT2D eigenvalue weighted by Crippen LogP contribution is 2.37. The van der Waals surface area contributed by atoms with Crippen molar-refractivity contribution in [2.75, 3.05) is 26.4 Å². The first-order chi connectivity index (χ1) is 16.0. The molecule has 0 aromatic carbocycles. The lowest BCUT2D eigenvalue weighted by molar-refractivity contribution is -0.398. The Morgan fingerprint density at radius 1 is 0.588 bits per heavy atom. The van der Waals surface area contributed by atoms with Gasteiger partial charge in [-0.25, -0.2) is 0 Å². The maximum atomic E-state index is 10.6. The van der Waals surface area contributed by atoms with E-state index >= 15 is 0 Å². The number of hydrogen-bond donors (Lipinski definition) is 11. The molecule has 0 spiro atoms. The summed E-state index contributed by atoms with van der Waals surface area (Å²) in [5.74, 6) is -2.36. The van der Waals surface area contributed by atoms with Crippen molar-refractivity contribution in [1.82, 2.24) is 0 Å². The average Bonchev–Trinajstić information content (AvgIpc) is 3.08. The molecule has 14 atom stereocenters. The molecule has 0 radical (unpaired) electrons. The van der Waals surface area contributed by atoms with E-state index in [0.29, 0.717) is 0 Å². The second kappa shape index (κ2) is 11.2. The van der Waals surface area contributed by atoms with Crippen LogP contribution >= 0.6 is 0 Å². The largest absolute Gasteiger partial charge is 0.394 e. The van der Waals surface area contributed by atoms with Gasteiger partial charge in [0.25, 0.3) is 0 Å². The summed E-state index contributed by atoms with van der Waals surface area (Å²) < 4.78 is 26.6. The number of aliphatic hydroxyl groups excluding tert-OH is 11. The summed E-state index contributed by atoms with van der Waals surface area (Å²) in [5.41, 5.74) is 0. The molecule has 11 N–H and O–H groups in total. The molecule has 200 valence electrons. The topological polar surface area (TPSA) is 269 Å². The molecule has 3 fully saturated rings. The molecule has 3 heterocycles. The summed E-state index contributed by atoms with van der Waals surface area (Å²) >= 11 is 0. The van der Waals surface area contributed by atoms with E-state index in [0.717, 1.165) is 0 Å². The Hall–Kier alpha value is -0.640. The Labute approximate surface area is 192 Å². The molecule has 0 amide bonds. The molecule has 0 aromatic heterocycles. The molecule has 3 aliphatic heterocycles. The highest BCUT2D eigenvalue weighted by Gasteiger charge is 2.59. The predicted octanol–water partition coefficient (Wildman–Crippen LogP) is -7.57. The first kappa shape index (κ1) is 27.9. The van der Waals surface area contributed by atoms with Crippen molar-refractivity contribution in [1.29, 1.82) is 0 Å². The minimum absolute atomic E-state index is 0.742. The van der Waals surface area contributed by atoms with Gasteiger partial charge in [-0.2, -0.15) is 0 Å². The third-order valence-electron chi connectivity index (χ3n) is 6.18. The summed E-state index contributed by atoms with van der Waals surface area (Å²) in [4.78, 5) is 0. The Morgan fingerprint density at radius 2 is 1.15 bits per heavy atom. The SMILES string of the molecule is OCC1O[C@H](O[C@@H]2C(CO)O[C@H](O[C@]3(CO)O[C@@H](CO)C(O)[C@H]3O)C(O)[C@H]2O)C(O)[C@@H](O)[C@@H]1O. The molecule has 5 unspecified atom stereocenters. The van der Waals surface area contributed by atoms with Crippen molar-refractivity contribution in [2.45, 2.75) is 85.5 Å². The number of hydrogen-bond acceptors (Lipinski definition) is 16. The van der Waals surface area contributed by atoms with Gasteiger partial charge in [0, 0.05) is 0 Å². The normalized spacial score (nSPS) is 52.1. The van der Waals surface area contributed by atoms with Crippen LogP contribution in [0.4, 0.5) is 0 Å². The molecule has 16 heteroatoms. The molecule has 0 bridgehead atoms. The Morgan fingerprint density at radius 3 is 1.68 bits per heavy atom. The van der Waals surface area contributed by atoms with Gasteiger partial charge < -0.3 is 79.9 Å². The molecule has 16 nitrogen and oxygen atoms in total. The predicted molar refractivity (Wildman–Crippen MR) is 101 cm³/mol. The lowest BCUT2D eigenvalue weighted by atomic mass is 9.97. The van der Waals surface area contributed by atoms with Crippen molar-refractivity contribution >= 4 is 0 Å². The summed E-state index contributed by atoms with van der Waals surface area (Å²) in [5, 5.41) is 109. The summed E-state index contributed by atoms with van der Waals surface area (Å²) in [6, 6.07) is 0. The van der Waals surface area contributed by atoms with Crippen molar-refractivity contribution in [3.8, 4) is 0 Å². The van der Waals surface area contributed by atoms with Crippen LogP contribution in [-0.2, 0) is 23.7 Å². The van der Waals surface area contributed by atoms with E-state index in [-0.39, 0.29) is 0 Å². The highest BCUT2D eigenvalue weighted by molar-refractivity contribution is 4.99. The van der Waals surface area contributed by atoms with E-state index in [1.54, 1.807) is 0 Å². The fourth-order valence-electron chi connectivity index (χ4n) is 4.12. The molecule has 0 aromatic rings. The second-order valence-corrected chi connectivity index (χ2v) is 8.37. The van der Waals surface area contributed by atoms with Gasteiger partial charge in [-0.15, -0.1) is 0 Å². The molecule has 3 rings (SSSR count). The quantitative estimate of drug-likeness (QED) is 0.146. The Bertz CT molecular complexity index is 651. The van der Waals surface area contributed by atoms with Crippen LogP contribution in [0.15, 0.2) is 0 Å². The van der Waals surface area contributed by atoms with Gasteiger partial charge in [0.1, 0.15) is 73.8 Å². The van der Waals surface area contributed by atoms with Crippen LogP contribution in [0, 0.1) is 0 Å². The van der Waals surface area contributed by atoms with Gasteiger partial charge in [0.2, 0.25) is 5.79 Å². The summed E-state index contributed by atoms with van der Waals surface area (Å²) in [7, 11) is 0. The number of rotatable bonds is 8. The lowest BCUT2D eigenvalue weighted by Crippen LogP contribution is -2.66. The van der Waals surface area contributed by atoms with E-state index in [1.807, 2.05) is 0 Å². The standard InChI is InChI=1S/C18H32O16/c19-1-5-8(23)10(25)12(27)16(30-5)32-14-7(3-21)31-17(13(28)11(14)26)34-18(4-22)15(29)9(24)6(2-20)33-18/h5-17,19-29H,1-4H2/t5?,6-,7?,8+,9?,10-,11+,12?,13?,14+,15+,16+,17+,18-/m0/s1. The van der Waals surface area contributed by atoms with Crippen LogP contribution in [0.3, 0.4) is 0 Å². The molecule has 0 saturated carbocycles. The fraction of sp³-hybridized carbons (Fsp3) is 1.00. The molecule has 0 aliphatic carbocycles. The maximum absolute atomic E-state index is 10.6. The zero-order valence-electron chi connectivity index (χ0n) is 17.8. The maximum Gasteiger partial charge on any atom is 0.224 e. The van der Waals surface area contributed by atoms with Gasteiger partial charge in [-0.3, -0.25) is 0 Å². The highest BCUT2D eigenvalue weighted by atomic mass is 16.8. The first-order valence-electron chi connectivity index (χ1n) is 10.6. The van der Waals surface area contributed by atoms with Crippen LogP contribution in [-0.4, -0.2) is 168 Å². The van der Waals surface area contributed by atoms with Gasteiger partial charge in [0.15, 0.2) is 12.6 Å². The third-order valence-corrected chi connectivity index (χ3v) is 6.18. The van der Waals surface area contributed by atoms with Crippen molar-refractivity contribution in [3.05, 3.63) is 0 Å². The van der Waals surface area contributed by atoms with E-state index in [1.165, 1.54) is 0 Å². The molecule has 3 saturated heterocycles. The Kier molecular flexibility index (Phi) is 9.18. The van der Waals surface area contributed by atoms with Crippen molar-refractivity contribution in [3.63, 3.8) is 0 Å². The van der Waals surface area contributed by atoms with Crippen molar-refractivity contribution < 1.29 is 79.9 Å². The van der Waals surface area contributed by atoms with Crippen molar-refractivity contribution in [2.24, 2.45) is 0 Å². The molecular formula is C18H32O16. The van der Waals surface area contributed by atoms with Crippen LogP contribution in [0.2, 0.25) is 0 Å². The summed E-state index contributed by atoms with van der Waals surface area (Å²) in [6.45, 7) is -3.39.